The molecule has 1 heterocycles. The average molecular weight is 210 g/mol. The highest BCUT2D eigenvalue weighted by Crippen LogP contribution is 2.22. The van der Waals surface area contributed by atoms with Crippen molar-refractivity contribution in [3.05, 3.63) is 48.0 Å². The van der Waals surface area contributed by atoms with E-state index in [2.05, 4.69) is 9.97 Å². The van der Waals surface area contributed by atoms with Crippen molar-refractivity contribution in [1.29, 1.82) is 0 Å². The Labute approximate surface area is 83.4 Å². The fourth-order valence-corrected chi connectivity index (χ4v) is 1.14. The molecule has 2 aromatic rings. The third-order valence-electron chi connectivity index (χ3n) is 1.84. The molecule has 0 bridgehead atoms. The number of hydrogen-bond acceptors (Lipinski definition) is 2. The normalized spacial score (nSPS) is 10.3. The summed E-state index contributed by atoms with van der Waals surface area (Å²) >= 11 is 0. The molecule has 0 unspecified atom stereocenters. The van der Waals surface area contributed by atoms with E-state index in [1.54, 1.807) is 6.07 Å². The summed E-state index contributed by atoms with van der Waals surface area (Å²) in [6, 6.07) is 3.48. The zero-order valence-corrected chi connectivity index (χ0v) is 7.42. The quantitative estimate of drug-likeness (QED) is 0.676. The number of halogens is 3. The highest BCUT2D eigenvalue weighted by atomic mass is 19.2. The van der Waals surface area contributed by atoms with E-state index in [1.807, 2.05) is 0 Å². The topological polar surface area (TPSA) is 25.8 Å². The van der Waals surface area contributed by atoms with Gasteiger partial charge in [-0.15, -0.1) is 0 Å². The standard InChI is InChI=1S/C10H5F3N2/c11-7-3-2-6(8(12)9(7)13)10-14-4-1-5-15-10/h1-5H. The third kappa shape index (κ3) is 1.68. The minimum Gasteiger partial charge on any atom is -0.236 e. The number of rotatable bonds is 1. The minimum absolute atomic E-state index is 0.0221. The maximum Gasteiger partial charge on any atom is 0.195 e. The summed E-state index contributed by atoms with van der Waals surface area (Å²) in [7, 11) is 0. The van der Waals surface area contributed by atoms with Gasteiger partial charge in [-0.3, -0.25) is 0 Å². The first-order chi connectivity index (χ1) is 7.20. The molecule has 0 aliphatic rings. The van der Waals surface area contributed by atoms with E-state index in [9.17, 15) is 13.2 Å². The van der Waals surface area contributed by atoms with Crippen LogP contribution in [0.4, 0.5) is 13.2 Å². The van der Waals surface area contributed by atoms with Crippen molar-refractivity contribution in [3.8, 4) is 11.4 Å². The number of benzene rings is 1. The summed E-state index contributed by atoms with van der Waals surface area (Å²) in [5.41, 5.74) is -0.158. The lowest BCUT2D eigenvalue weighted by Crippen LogP contribution is -1.96. The molecule has 0 atom stereocenters. The van der Waals surface area contributed by atoms with Gasteiger partial charge in [0.25, 0.3) is 0 Å². The van der Waals surface area contributed by atoms with E-state index in [0.29, 0.717) is 0 Å². The SMILES string of the molecule is Fc1ccc(-c2ncccn2)c(F)c1F. The van der Waals surface area contributed by atoms with Crippen LogP contribution in [0.25, 0.3) is 11.4 Å². The molecule has 2 rings (SSSR count). The van der Waals surface area contributed by atoms with Gasteiger partial charge in [0.05, 0.1) is 5.56 Å². The van der Waals surface area contributed by atoms with Gasteiger partial charge in [0.2, 0.25) is 0 Å². The molecule has 15 heavy (non-hydrogen) atoms. The van der Waals surface area contributed by atoms with Crippen LogP contribution in [0.2, 0.25) is 0 Å². The third-order valence-corrected chi connectivity index (χ3v) is 1.84. The Morgan fingerprint density at radius 1 is 0.867 bits per heavy atom. The van der Waals surface area contributed by atoms with Gasteiger partial charge in [-0.2, -0.15) is 0 Å². The Kier molecular flexibility index (Phi) is 2.37. The molecule has 76 valence electrons. The Balaban J connectivity index is 2.60. The van der Waals surface area contributed by atoms with Gasteiger partial charge in [-0.25, -0.2) is 23.1 Å². The van der Waals surface area contributed by atoms with Crippen LogP contribution >= 0.6 is 0 Å². The summed E-state index contributed by atoms with van der Waals surface area (Å²) in [5, 5.41) is 0. The lowest BCUT2D eigenvalue weighted by molar-refractivity contribution is 0.448. The van der Waals surface area contributed by atoms with E-state index < -0.39 is 17.5 Å². The molecule has 1 aromatic heterocycles. The molecular formula is C10H5F3N2. The van der Waals surface area contributed by atoms with Crippen LogP contribution in [0, 0.1) is 17.5 Å². The smallest absolute Gasteiger partial charge is 0.195 e. The Hall–Kier alpha value is -1.91. The number of hydrogen-bond donors (Lipinski definition) is 0. The van der Waals surface area contributed by atoms with Crippen molar-refractivity contribution in [2.24, 2.45) is 0 Å². The summed E-state index contributed by atoms with van der Waals surface area (Å²) in [5.74, 6) is -4.00. The first-order valence-corrected chi connectivity index (χ1v) is 4.11. The zero-order valence-electron chi connectivity index (χ0n) is 7.42. The van der Waals surface area contributed by atoms with E-state index in [4.69, 9.17) is 0 Å². The molecule has 0 fully saturated rings. The van der Waals surface area contributed by atoms with Gasteiger partial charge < -0.3 is 0 Å². The summed E-state index contributed by atoms with van der Waals surface area (Å²) in [6.07, 6.45) is 2.78. The van der Waals surface area contributed by atoms with Crippen LogP contribution in [0.5, 0.6) is 0 Å². The molecular weight excluding hydrogens is 205 g/mol. The molecule has 0 radical (unpaired) electrons. The molecule has 0 spiro atoms. The summed E-state index contributed by atoms with van der Waals surface area (Å²) < 4.78 is 38.7. The second-order valence-electron chi connectivity index (χ2n) is 2.80. The van der Waals surface area contributed by atoms with Crippen molar-refractivity contribution < 1.29 is 13.2 Å². The molecule has 2 nitrogen and oxygen atoms in total. The maximum atomic E-state index is 13.3. The lowest BCUT2D eigenvalue weighted by Gasteiger charge is -2.02. The molecule has 0 aliphatic carbocycles. The van der Waals surface area contributed by atoms with Gasteiger partial charge >= 0.3 is 0 Å². The van der Waals surface area contributed by atoms with Crippen molar-refractivity contribution in [3.63, 3.8) is 0 Å². The Morgan fingerprint density at radius 3 is 2.20 bits per heavy atom. The Morgan fingerprint density at radius 2 is 1.53 bits per heavy atom. The van der Waals surface area contributed by atoms with E-state index in [1.165, 1.54) is 12.4 Å². The van der Waals surface area contributed by atoms with Gasteiger partial charge in [0.1, 0.15) is 0 Å². The van der Waals surface area contributed by atoms with Crippen molar-refractivity contribution in [1.82, 2.24) is 9.97 Å². The average Bonchev–Trinajstić information content (AvgIpc) is 2.27. The van der Waals surface area contributed by atoms with Crippen LogP contribution in [-0.2, 0) is 0 Å². The van der Waals surface area contributed by atoms with E-state index in [-0.39, 0.29) is 11.4 Å². The number of aromatic nitrogens is 2. The fraction of sp³-hybridized carbons (Fsp3) is 0. The molecule has 0 saturated heterocycles. The number of nitrogens with zero attached hydrogens (tertiary/aromatic N) is 2. The molecule has 5 heteroatoms. The molecule has 0 saturated carbocycles. The van der Waals surface area contributed by atoms with Crippen molar-refractivity contribution in [2.75, 3.05) is 0 Å². The van der Waals surface area contributed by atoms with Crippen LogP contribution in [0.15, 0.2) is 30.6 Å². The zero-order chi connectivity index (χ0) is 10.8. The molecule has 0 amide bonds. The monoisotopic (exact) mass is 210 g/mol. The maximum absolute atomic E-state index is 13.3. The second-order valence-corrected chi connectivity index (χ2v) is 2.80. The fourth-order valence-electron chi connectivity index (χ4n) is 1.14. The summed E-state index contributed by atoms with van der Waals surface area (Å²) in [6.45, 7) is 0. The van der Waals surface area contributed by atoms with Gasteiger partial charge in [0.15, 0.2) is 23.3 Å². The van der Waals surface area contributed by atoms with E-state index in [0.717, 1.165) is 12.1 Å². The second kappa shape index (κ2) is 3.68. The predicted molar refractivity (Wildman–Crippen MR) is 47.3 cm³/mol. The molecule has 0 aliphatic heterocycles. The largest absolute Gasteiger partial charge is 0.236 e. The van der Waals surface area contributed by atoms with Crippen LogP contribution in [-0.4, -0.2) is 9.97 Å². The van der Waals surface area contributed by atoms with Crippen LogP contribution < -0.4 is 0 Å². The van der Waals surface area contributed by atoms with Crippen LogP contribution in [0.1, 0.15) is 0 Å². The first kappa shape index (κ1) is 9.64. The highest BCUT2D eigenvalue weighted by molar-refractivity contribution is 5.55. The predicted octanol–water partition coefficient (Wildman–Crippen LogP) is 2.56. The lowest BCUT2D eigenvalue weighted by atomic mass is 10.2. The van der Waals surface area contributed by atoms with Gasteiger partial charge in [-0.1, -0.05) is 0 Å². The van der Waals surface area contributed by atoms with Crippen LogP contribution in [0.3, 0.4) is 0 Å². The van der Waals surface area contributed by atoms with Gasteiger partial charge in [-0.05, 0) is 18.2 Å². The summed E-state index contributed by atoms with van der Waals surface area (Å²) in [4.78, 5) is 7.48. The van der Waals surface area contributed by atoms with E-state index >= 15 is 0 Å². The minimum atomic E-state index is -1.51. The molecule has 0 N–H and O–H groups in total. The van der Waals surface area contributed by atoms with Crippen molar-refractivity contribution >= 4 is 0 Å². The van der Waals surface area contributed by atoms with Crippen molar-refractivity contribution in [2.45, 2.75) is 0 Å². The van der Waals surface area contributed by atoms with Gasteiger partial charge in [0, 0.05) is 12.4 Å². The Bertz CT molecular complexity index is 486. The molecule has 1 aromatic carbocycles. The highest BCUT2D eigenvalue weighted by Gasteiger charge is 2.15. The first-order valence-electron chi connectivity index (χ1n) is 4.11.